The van der Waals surface area contributed by atoms with E-state index in [4.69, 9.17) is 40.0 Å². The molecule has 1 aromatic rings. The van der Waals surface area contributed by atoms with Crippen molar-refractivity contribution in [3.63, 3.8) is 0 Å². The predicted octanol–water partition coefficient (Wildman–Crippen LogP) is 7.34. The third-order valence-corrected chi connectivity index (χ3v) is 14.9. The van der Waals surface area contributed by atoms with Gasteiger partial charge in [-0.3, -0.25) is 19.2 Å². The summed E-state index contributed by atoms with van der Waals surface area (Å²) >= 11 is 6.21. The monoisotopic (exact) mass is 958 g/mol. The van der Waals surface area contributed by atoms with Crippen molar-refractivity contribution in [2.24, 2.45) is 29.6 Å². The lowest BCUT2D eigenvalue weighted by molar-refractivity contribution is -0.302. The number of halogens is 1. The summed E-state index contributed by atoms with van der Waals surface area (Å²) in [6.07, 6.45) is 3.66. The number of esters is 1. The fourth-order valence-corrected chi connectivity index (χ4v) is 11.0. The molecule has 4 aliphatic rings. The van der Waals surface area contributed by atoms with Crippen molar-refractivity contribution in [2.75, 3.05) is 34.5 Å². The van der Waals surface area contributed by atoms with Crippen LogP contribution in [0.3, 0.4) is 0 Å². The average molecular weight is 959 g/mol. The Hall–Kier alpha value is -3.34. The Labute approximate surface area is 402 Å². The van der Waals surface area contributed by atoms with Crippen molar-refractivity contribution in [3.8, 4) is 0 Å². The summed E-state index contributed by atoms with van der Waals surface area (Å²) in [6.45, 7) is 13.0. The standard InChI is InChI=1S/C52H76ClNO13/c1-11-36-19-29(2)18-30(3)22-45(63-9)48-46(64-10)24-33(6)52(61,67-48)49(58)50(59)54-17-13-12-14-39(54)51(60)66-47(34(7)40(55)27-41(36)56)32(5)23-35-15-16-43(44(25-35)62-8)65-28-42(57)37-20-31(4)21-38(53)26-37/h19-21,23,26,30,33-36,39-40,43-48,55,61H,11-18,22,24-25,27-28H2,1-10H3. The van der Waals surface area contributed by atoms with Crippen molar-refractivity contribution in [3.05, 3.63) is 57.6 Å². The van der Waals surface area contributed by atoms with Crippen LogP contribution in [0.1, 0.15) is 128 Å². The highest BCUT2D eigenvalue weighted by atomic mass is 35.5. The molecular formula is C52H76ClNO13. The van der Waals surface area contributed by atoms with Gasteiger partial charge in [-0.05, 0) is 126 Å². The van der Waals surface area contributed by atoms with E-state index in [1.807, 2.05) is 46.8 Å². The number of aliphatic hydroxyl groups is 2. The van der Waals surface area contributed by atoms with E-state index in [1.165, 1.54) is 19.1 Å². The van der Waals surface area contributed by atoms with Crippen LogP contribution >= 0.6 is 11.6 Å². The molecule has 2 N–H and O–H groups in total. The number of Topliss-reactive ketones (excluding diaryl/α,β-unsaturated/α-hetero) is 3. The lowest BCUT2D eigenvalue weighted by Gasteiger charge is -2.47. The summed E-state index contributed by atoms with van der Waals surface area (Å²) < 4.78 is 36.4. The maximum Gasteiger partial charge on any atom is 0.329 e. The molecule has 1 saturated carbocycles. The molecule has 67 heavy (non-hydrogen) atoms. The first-order valence-corrected chi connectivity index (χ1v) is 24.6. The quantitative estimate of drug-likeness (QED) is 0.103. The van der Waals surface area contributed by atoms with Crippen LogP contribution in [0.2, 0.25) is 5.02 Å². The minimum Gasteiger partial charge on any atom is -0.456 e. The number of ether oxygens (including phenoxy) is 6. The Bertz CT molecular complexity index is 1950. The zero-order valence-electron chi connectivity index (χ0n) is 41.3. The number of fused-ring (bicyclic) bond motifs is 3. The number of allylic oxidation sites excluding steroid dienone is 3. The van der Waals surface area contributed by atoms with E-state index in [0.717, 1.165) is 11.1 Å². The first-order valence-electron chi connectivity index (χ1n) is 24.3. The van der Waals surface area contributed by atoms with Crippen LogP contribution in [0.5, 0.6) is 0 Å². The van der Waals surface area contributed by atoms with Gasteiger partial charge in [-0.1, -0.05) is 57.0 Å². The lowest BCUT2D eigenvalue weighted by Crippen LogP contribution is -2.64. The number of aryl methyl sites for hydroxylation is 1. The summed E-state index contributed by atoms with van der Waals surface area (Å²) in [5, 5.41) is 24.4. The van der Waals surface area contributed by atoms with Crippen LogP contribution in [-0.4, -0.2) is 133 Å². The number of carbonyl (C=O) groups excluding carboxylic acids is 5. The van der Waals surface area contributed by atoms with Crippen LogP contribution in [0.25, 0.3) is 0 Å². The normalized spacial score (nSPS) is 35.8. The number of amides is 1. The van der Waals surface area contributed by atoms with Gasteiger partial charge in [0.2, 0.25) is 5.79 Å². The Morgan fingerprint density at radius 2 is 1.60 bits per heavy atom. The van der Waals surface area contributed by atoms with E-state index in [0.29, 0.717) is 67.5 Å². The molecule has 3 aliphatic heterocycles. The number of rotatable bonds is 10. The molecule has 14 unspecified atom stereocenters. The van der Waals surface area contributed by atoms with Crippen molar-refractivity contribution in [1.29, 1.82) is 0 Å². The molecule has 15 heteroatoms. The highest BCUT2D eigenvalue weighted by Gasteiger charge is 2.56. The molecule has 374 valence electrons. The summed E-state index contributed by atoms with van der Waals surface area (Å²) in [5.74, 6) is -7.95. The van der Waals surface area contributed by atoms with E-state index in [2.05, 4.69) is 0 Å². The average Bonchev–Trinajstić information content (AvgIpc) is 3.30. The number of aliphatic hydroxyl groups excluding tert-OH is 1. The van der Waals surface area contributed by atoms with E-state index >= 15 is 0 Å². The zero-order chi connectivity index (χ0) is 49.3. The molecule has 14 atom stereocenters. The molecule has 0 aromatic heterocycles. The predicted molar refractivity (Wildman–Crippen MR) is 252 cm³/mol. The molecule has 3 heterocycles. The van der Waals surface area contributed by atoms with Gasteiger partial charge in [0.25, 0.3) is 11.7 Å². The van der Waals surface area contributed by atoms with Gasteiger partial charge in [-0.2, -0.15) is 0 Å². The zero-order valence-corrected chi connectivity index (χ0v) is 42.1. The first kappa shape index (κ1) is 54.6. The first-order chi connectivity index (χ1) is 31.7. The summed E-state index contributed by atoms with van der Waals surface area (Å²) in [7, 11) is 4.66. The fraction of sp³-hybridized carbons (Fsp3) is 0.712. The van der Waals surface area contributed by atoms with Crippen molar-refractivity contribution >= 4 is 40.8 Å². The smallest absolute Gasteiger partial charge is 0.329 e. The fourth-order valence-electron chi connectivity index (χ4n) is 10.7. The Kier molecular flexibility index (Phi) is 19.9. The number of benzene rings is 1. The third kappa shape index (κ3) is 13.5. The van der Waals surface area contributed by atoms with Crippen molar-refractivity contribution in [2.45, 2.75) is 174 Å². The summed E-state index contributed by atoms with van der Waals surface area (Å²) in [6, 6.07) is 4.02. The molecule has 0 radical (unpaired) electrons. The second kappa shape index (κ2) is 24.5. The van der Waals surface area contributed by atoms with Gasteiger partial charge in [0.15, 0.2) is 5.78 Å². The largest absolute Gasteiger partial charge is 0.456 e. The highest BCUT2D eigenvalue weighted by Crippen LogP contribution is 2.39. The number of piperidine rings is 1. The van der Waals surface area contributed by atoms with Gasteiger partial charge in [-0.15, -0.1) is 0 Å². The van der Waals surface area contributed by atoms with Gasteiger partial charge < -0.3 is 43.5 Å². The van der Waals surface area contributed by atoms with Crippen LogP contribution in [-0.2, 0) is 47.6 Å². The number of nitrogens with zero attached hydrogens (tertiary/aromatic N) is 1. The maximum atomic E-state index is 14.5. The Morgan fingerprint density at radius 1 is 0.910 bits per heavy atom. The molecular weight excluding hydrogens is 882 g/mol. The minimum atomic E-state index is -2.53. The van der Waals surface area contributed by atoms with Crippen LogP contribution in [0.15, 0.2) is 41.5 Å². The van der Waals surface area contributed by atoms with Crippen molar-refractivity contribution in [1.82, 2.24) is 4.90 Å². The molecule has 1 aromatic carbocycles. The van der Waals surface area contributed by atoms with Gasteiger partial charge >= 0.3 is 5.97 Å². The molecule has 1 aliphatic carbocycles. The van der Waals surface area contributed by atoms with Crippen LogP contribution in [0, 0.1) is 36.5 Å². The van der Waals surface area contributed by atoms with Gasteiger partial charge in [0.05, 0.1) is 30.5 Å². The molecule has 3 fully saturated rings. The number of hydrogen-bond acceptors (Lipinski definition) is 13. The number of methoxy groups -OCH3 is 3. The van der Waals surface area contributed by atoms with Gasteiger partial charge in [0.1, 0.15) is 30.6 Å². The number of hydrogen-bond donors (Lipinski definition) is 2. The van der Waals surface area contributed by atoms with E-state index in [9.17, 15) is 34.2 Å². The SMILES string of the molecule is CCC1C=C(C)CC(C)CC(OC)C2OC(O)(C(=O)C(=O)N3CCCCC3C(=O)OC(C(C)=CC3CCC(OCC(=O)c4cc(C)cc(Cl)c4)C(OC)C3)C(C)C(O)CC1=O)C(C)CC2OC. The molecule has 1 amide bonds. The number of ketones is 3. The molecule has 0 spiro atoms. The molecule has 14 nitrogen and oxygen atoms in total. The summed E-state index contributed by atoms with van der Waals surface area (Å²) in [5.41, 5.74) is 2.97. The number of cyclic esters (lactones) is 1. The van der Waals surface area contributed by atoms with Crippen molar-refractivity contribution < 1.29 is 62.6 Å². The number of carbonyl (C=O) groups is 5. The topological polar surface area (TPSA) is 184 Å². The van der Waals surface area contributed by atoms with Gasteiger partial charge in [-0.25, -0.2) is 4.79 Å². The molecule has 2 bridgehead atoms. The van der Waals surface area contributed by atoms with Crippen LogP contribution < -0.4 is 0 Å². The second-order valence-electron chi connectivity index (χ2n) is 19.9. The Morgan fingerprint density at radius 3 is 2.25 bits per heavy atom. The van der Waals surface area contributed by atoms with Crippen LogP contribution in [0.4, 0.5) is 0 Å². The van der Waals surface area contributed by atoms with E-state index in [-0.39, 0.29) is 68.0 Å². The summed E-state index contributed by atoms with van der Waals surface area (Å²) in [4.78, 5) is 71.5. The maximum absolute atomic E-state index is 14.5. The minimum absolute atomic E-state index is 0.0160. The van der Waals surface area contributed by atoms with E-state index < -0.39 is 77.8 Å². The molecule has 2 saturated heterocycles. The van der Waals surface area contributed by atoms with Gasteiger partial charge in [0, 0.05) is 62.6 Å². The van der Waals surface area contributed by atoms with E-state index in [1.54, 1.807) is 39.2 Å². The Balaban J connectivity index is 1.45. The lowest BCUT2D eigenvalue weighted by atomic mass is 9.81. The third-order valence-electron chi connectivity index (χ3n) is 14.7. The molecule has 5 rings (SSSR count). The highest BCUT2D eigenvalue weighted by molar-refractivity contribution is 6.39. The second-order valence-corrected chi connectivity index (χ2v) is 20.3.